The van der Waals surface area contributed by atoms with Gasteiger partial charge in [-0.25, -0.2) is 0 Å². The molecule has 2 heterocycles. The molecule has 0 aliphatic heterocycles. The number of aromatic nitrogens is 3. The van der Waals surface area contributed by atoms with E-state index in [1.165, 1.54) is 36.6 Å². The summed E-state index contributed by atoms with van der Waals surface area (Å²) in [6.45, 7) is 0. The molecule has 2 aromatic heterocycles. The molecule has 0 bridgehead atoms. The molecule has 2 aliphatic carbocycles. The van der Waals surface area contributed by atoms with E-state index in [0.29, 0.717) is 24.4 Å². The van der Waals surface area contributed by atoms with Crippen LogP contribution in [0, 0.1) is 11.8 Å². The van der Waals surface area contributed by atoms with E-state index in [4.69, 9.17) is 4.42 Å². The fourth-order valence-electron chi connectivity index (χ4n) is 3.50. The molecule has 2 saturated carbocycles. The molecule has 0 unspecified atom stereocenters. The lowest BCUT2D eigenvalue weighted by atomic mass is 10.1. The summed E-state index contributed by atoms with van der Waals surface area (Å²) in [7, 11) is 0. The third kappa shape index (κ3) is 2.60. The molecule has 5 nitrogen and oxygen atoms in total. The number of para-hydroxylation sites is 1. The number of hydrogen-bond acceptors (Lipinski definition) is 4. The molecular weight excluding hydrogens is 288 g/mol. The largest absolute Gasteiger partial charge is 0.408 e. The Balaban J connectivity index is 1.33. The van der Waals surface area contributed by atoms with Crippen LogP contribution in [0.3, 0.4) is 0 Å². The Morgan fingerprint density at radius 1 is 1.13 bits per heavy atom. The minimum Gasteiger partial charge on any atom is -0.408 e. The minimum absolute atomic E-state index is 0.538. The van der Waals surface area contributed by atoms with E-state index in [9.17, 15) is 0 Å². The van der Waals surface area contributed by atoms with Gasteiger partial charge in [0.2, 0.25) is 5.89 Å². The molecule has 5 rings (SSSR count). The quantitative estimate of drug-likeness (QED) is 0.728. The molecule has 2 fully saturated rings. The fourth-order valence-corrected chi connectivity index (χ4v) is 3.50. The van der Waals surface area contributed by atoms with Gasteiger partial charge in [0.25, 0.3) is 0 Å². The predicted octanol–water partition coefficient (Wildman–Crippen LogP) is 3.74. The van der Waals surface area contributed by atoms with E-state index in [1.54, 1.807) is 0 Å². The Kier molecular flexibility index (Phi) is 2.93. The molecule has 118 valence electrons. The number of hydrogen-bond donors (Lipinski definition) is 2. The molecule has 2 N–H and O–H groups in total. The maximum atomic E-state index is 5.85. The van der Waals surface area contributed by atoms with Crippen molar-refractivity contribution in [2.24, 2.45) is 11.8 Å². The topological polar surface area (TPSA) is 66.7 Å². The smallest absolute Gasteiger partial charge is 0.315 e. The maximum absolute atomic E-state index is 5.85. The van der Waals surface area contributed by atoms with Gasteiger partial charge in [-0.3, -0.25) is 0 Å². The number of anilines is 1. The van der Waals surface area contributed by atoms with Gasteiger partial charge in [-0.1, -0.05) is 23.3 Å². The number of fused-ring (bicyclic) bond motifs is 1. The minimum atomic E-state index is 0.538. The second kappa shape index (κ2) is 5.11. The van der Waals surface area contributed by atoms with Crippen molar-refractivity contribution < 1.29 is 4.42 Å². The van der Waals surface area contributed by atoms with Gasteiger partial charge in [-0.2, -0.15) is 0 Å². The van der Waals surface area contributed by atoms with E-state index in [1.807, 2.05) is 12.3 Å². The summed E-state index contributed by atoms with van der Waals surface area (Å²) in [5.74, 6) is 2.29. The van der Waals surface area contributed by atoms with Crippen molar-refractivity contribution in [3.63, 3.8) is 0 Å². The second-order valence-electron chi connectivity index (χ2n) is 6.88. The zero-order valence-electron chi connectivity index (χ0n) is 13.0. The molecular formula is C18H20N4O. The Morgan fingerprint density at radius 2 is 1.91 bits per heavy atom. The summed E-state index contributed by atoms with van der Waals surface area (Å²) >= 11 is 0. The Morgan fingerprint density at radius 3 is 2.70 bits per heavy atom. The van der Waals surface area contributed by atoms with Crippen molar-refractivity contribution in [3.05, 3.63) is 41.9 Å². The van der Waals surface area contributed by atoms with Crippen LogP contribution < -0.4 is 5.32 Å². The summed E-state index contributed by atoms with van der Waals surface area (Å²) in [5.41, 5.74) is 2.33. The van der Waals surface area contributed by atoms with Crippen LogP contribution in [-0.2, 0) is 6.42 Å². The highest BCUT2D eigenvalue weighted by molar-refractivity contribution is 5.83. The van der Waals surface area contributed by atoms with E-state index in [-0.39, 0.29) is 0 Å². The van der Waals surface area contributed by atoms with Gasteiger partial charge in [0.1, 0.15) is 0 Å². The Labute approximate surface area is 134 Å². The van der Waals surface area contributed by atoms with Crippen LogP contribution in [0.5, 0.6) is 0 Å². The van der Waals surface area contributed by atoms with Crippen LogP contribution in [0.1, 0.15) is 37.1 Å². The van der Waals surface area contributed by atoms with Crippen molar-refractivity contribution in [1.82, 2.24) is 15.2 Å². The third-order valence-corrected chi connectivity index (χ3v) is 5.03. The average molecular weight is 308 g/mol. The number of nitrogens with zero attached hydrogens (tertiary/aromatic N) is 2. The first-order valence-electron chi connectivity index (χ1n) is 8.51. The van der Waals surface area contributed by atoms with Gasteiger partial charge in [-0.05, 0) is 49.1 Å². The number of H-pyrrole nitrogens is 1. The Bertz CT molecular complexity index is 816. The number of rotatable bonds is 6. The molecule has 0 amide bonds. The monoisotopic (exact) mass is 308 g/mol. The lowest BCUT2D eigenvalue weighted by molar-refractivity contribution is 0.488. The van der Waals surface area contributed by atoms with Gasteiger partial charge in [-0.15, -0.1) is 5.10 Å². The van der Waals surface area contributed by atoms with E-state index in [2.05, 4.69) is 38.7 Å². The van der Waals surface area contributed by atoms with Crippen molar-refractivity contribution in [3.8, 4) is 0 Å². The highest BCUT2D eigenvalue weighted by atomic mass is 16.4. The zero-order chi connectivity index (χ0) is 15.2. The maximum Gasteiger partial charge on any atom is 0.315 e. The molecule has 3 aromatic rings. The van der Waals surface area contributed by atoms with Gasteiger partial charge >= 0.3 is 6.01 Å². The Hall–Kier alpha value is -2.30. The molecule has 1 aromatic carbocycles. The van der Waals surface area contributed by atoms with Crippen molar-refractivity contribution in [1.29, 1.82) is 0 Å². The lowest BCUT2D eigenvalue weighted by Crippen LogP contribution is -2.24. The number of benzene rings is 1. The summed E-state index contributed by atoms with van der Waals surface area (Å²) in [6, 6.07) is 9.41. The molecule has 0 radical (unpaired) electrons. The van der Waals surface area contributed by atoms with Gasteiger partial charge in [0.15, 0.2) is 0 Å². The van der Waals surface area contributed by atoms with E-state index >= 15 is 0 Å². The summed E-state index contributed by atoms with van der Waals surface area (Å²) in [4.78, 5) is 3.29. The van der Waals surface area contributed by atoms with Crippen LogP contribution in [0.2, 0.25) is 0 Å². The molecule has 0 spiro atoms. The van der Waals surface area contributed by atoms with Crippen molar-refractivity contribution in [2.45, 2.75) is 38.1 Å². The summed E-state index contributed by atoms with van der Waals surface area (Å²) in [6.07, 6.45) is 8.04. The van der Waals surface area contributed by atoms with Crippen LogP contribution in [-0.4, -0.2) is 21.2 Å². The van der Waals surface area contributed by atoms with Gasteiger partial charge in [0, 0.05) is 23.1 Å². The number of aromatic amines is 1. The zero-order valence-corrected chi connectivity index (χ0v) is 13.0. The second-order valence-corrected chi connectivity index (χ2v) is 6.88. The van der Waals surface area contributed by atoms with Crippen LogP contribution in [0.4, 0.5) is 6.01 Å². The van der Waals surface area contributed by atoms with Crippen LogP contribution in [0.25, 0.3) is 10.9 Å². The van der Waals surface area contributed by atoms with Crippen molar-refractivity contribution >= 4 is 16.9 Å². The summed E-state index contributed by atoms with van der Waals surface area (Å²) in [5, 5.41) is 13.1. The number of nitrogens with one attached hydrogen (secondary N) is 2. The van der Waals surface area contributed by atoms with Crippen LogP contribution in [0.15, 0.2) is 34.9 Å². The van der Waals surface area contributed by atoms with E-state index in [0.717, 1.165) is 17.4 Å². The molecule has 5 heteroatoms. The van der Waals surface area contributed by atoms with Crippen molar-refractivity contribution in [2.75, 3.05) is 5.32 Å². The normalized spacial score (nSPS) is 18.0. The molecule has 0 saturated heterocycles. The fraction of sp³-hybridized carbons (Fsp3) is 0.444. The lowest BCUT2D eigenvalue weighted by Gasteiger charge is -2.15. The SMILES string of the molecule is c1ccc2c(Cc3nnc(NC(C4CC4)C4CC4)o3)c[nH]c2c1. The third-order valence-electron chi connectivity index (χ3n) is 5.03. The average Bonchev–Trinajstić information content (AvgIpc) is 3.50. The first-order chi connectivity index (χ1) is 11.4. The highest BCUT2D eigenvalue weighted by Crippen LogP contribution is 2.45. The first kappa shape index (κ1) is 13.2. The van der Waals surface area contributed by atoms with Gasteiger partial charge in [0.05, 0.1) is 6.42 Å². The van der Waals surface area contributed by atoms with Crippen LogP contribution >= 0.6 is 0 Å². The molecule has 0 atom stereocenters. The molecule has 2 aliphatic rings. The standard InChI is InChI=1S/C18H20N4O/c1-2-4-15-14(3-1)13(10-19-15)9-16-21-22-18(23-16)20-17(11-5-6-11)12-7-8-12/h1-4,10-12,17,19H,5-9H2,(H,20,22). The summed E-state index contributed by atoms with van der Waals surface area (Å²) < 4.78 is 5.85. The van der Waals surface area contributed by atoms with E-state index < -0.39 is 0 Å². The highest BCUT2D eigenvalue weighted by Gasteiger charge is 2.42. The first-order valence-corrected chi connectivity index (χ1v) is 8.51. The predicted molar refractivity (Wildman–Crippen MR) is 88.3 cm³/mol. The van der Waals surface area contributed by atoms with Gasteiger partial charge < -0.3 is 14.7 Å². The molecule has 23 heavy (non-hydrogen) atoms.